The van der Waals surface area contributed by atoms with Crippen molar-refractivity contribution in [3.8, 4) is 0 Å². The molecule has 0 saturated heterocycles. The van der Waals surface area contributed by atoms with Gasteiger partial charge in [0.25, 0.3) is 0 Å². The second-order valence-electron chi connectivity index (χ2n) is 5.33. The van der Waals surface area contributed by atoms with Gasteiger partial charge in [0.1, 0.15) is 6.42 Å². The van der Waals surface area contributed by atoms with Crippen LogP contribution in [0.15, 0.2) is 48.5 Å². The molecule has 1 N–H and O–H groups in total. The molecule has 0 fully saturated rings. The normalized spacial score (nSPS) is 10.1. The number of nitrogens with one attached hydrogen (secondary N) is 1. The molecule has 0 atom stereocenters. The quantitative estimate of drug-likeness (QED) is 0.880. The van der Waals surface area contributed by atoms with Crippen LogP contribution in [0.5, 0.6) is 0 Å². The monoisotopic (exact) mass is 296 g/mol. The van der Waals surface area contributed by atoms with E-state index in [9.17, 15) is 9.59 Å². The van der Waals surface area contributed by atoms with Gasteiger partial charge in [0.05, 0.1) is 0 Å². The number of anilines is 2. The van der Waals surface area contributed by atoms with Crippen LogP contribution >= 0.6 is 0 Å². The molecule has 0 bridgehead atoms. The lowest BCUT2D eigenvalue weighted by atomic mass is 10.1. The number of nitrogens with zero attached hydrogens (tertiary/aromatic N) is 1. The molecule has 4 nitrogen and oxygen atoms in total. The summed E-state index contributed by atoms with van der Waals surface area (Å²) in [6.45, 7) is 3.89. The predicted molar refractivity (Wildman–Crippen MR) is 89.0 cm³/mol. The first-order valence-electron chi connectivity index (χ1n) is 7.16. The third-order valence-electron chi connectivity index (χ3n) is 3.50. The van der Waals surface area contributed by atoms with Crippen LogP contribution in [0.2, 0.25) is 0 Å². The Kier molecular flexibility index (Phi) is 4.94. The summed E-state index contributed by atoms with van der Waals surface area (Å²) in [5.74, 6) is -0.546. The lowest BCUT2D eigenvalue weighted by Gasteiger charge is -2.17. The van der Waals surface area contributed by atoms with E-state index in [-0.39, 0.29) is 18.2 Å². The highest BCUT2D eigenvalue weighted by atomic mass is 16.2. The highest BCUT2D eigenvalue weighted by molar-refractivity contribution is 6.09. The Morgan fingerprint density at radius 1 is 1.05 bits per heavy atom. The SMILES string of the molecule is Cc1ccc(C)c(NC(=O)CC(=O)N(C)c2ccccc2)c1. The summed E-state index contributed by atoms with van der Waals surface area (Å²) in [6, 6.07) is 15.1. The number of hydrogen-bond acceptors (Lipinski definition) is 2. The lowest BCUT2D eigenvalue weighted by Crippen LogP contribution is -2.30. The Morgan fingerprint density at radius 3 is 2.41 bits per heavy atom. The molecule has 0 radical (unpaired) electrons. The van der Waals surface area contributed by atoms with Crippen molar-refractivity contribution in [3.05, 3.63) is 59.7 Å². The van der Waals surface area contributed by atoms with E-state index in [2.05, 4.69) is 5.32 Å². The van der Waals surface area contributed by atoms with Crippen molar-refractivity contribution in [2.24, 2.45) is 0 Å². The summed E-state index contributed by atoms with van der Waals surface area (Å²) in [5, 5.41) is 2.80. The van der Waals surface area contributed by atoms with Crippen LogP contribution in [-0.2, 0) is 9.59 Å². The number of rotatable bonds is 4. The summed E-state index contributed by atoms with van der Waals surface area (Å²) >= 11 is 0. The van der Waals surface area contributed by atoms with Crippen LogP contribution in [0.3, 0.4) is 0 Å². The minimum Gasteiger partial charge on any atom is -0.325 e. The molecule has 2 amide bonds. The van der Waals surface area contributed by atoms with E-state index in [0.717, 1.165) is 22.5 Å². The smallest absolute Gasteiger partial charge is 0.236 e. The van der Waals surface area contributed by atoms with Gasteiger partial charge in [-0.1, -0.05) is 30.3 Å². The summed E-state index contributed by atoms with van der Waals surface area (Å²) in [4.78, 5) is 25.7. The van der Waals surface area contributed by atoms with Crippen LogP contribution in [0.4, 0.5) is 11.4 Å². The molecule has 0 aromatic heterocycles. The number of benzene rings is 2. The molecule has 2 aromatic carbocycles. The molecular formula is C18H20N2O2. The zero-order valence-electron chi connectivity index (χ0n) is 13.1. The first kappa shape index (κ1) is 15.8. The zero-order chi connectivity index (χ0) is 16.1. The second-order valence-corrected chi connectivity index (χ2v) is 5.33. The molecule has 2 rings (SSSR count). The van der Waals surface area contributed by atoms with Gasteiger partial charge in [-0.15, -0.1) is 0 Å². The van der Waals surface area contributed by atoms with E-state index >= 15 is 0 Å². The van der Waals surface area contributed by atoms with Crippen LogP contribution < -0.4 is 10.2 Å². The van der Waals surface area contributed by atoms with Gasteiger partial charge in [-0.2, -0.15) is 0 Å². The van der Waals surface area contributed by atoms with Crippen molar-refractivity contribution in [3.63, 3.8) is 0 Å². The minimum atomic E-state index is -0.304. The number of para-hydroxylation sites is 1. The van der Waals surface area contributed by atoms with Gasteiger partial charge in [0, 0.05) is 18.4 Å². The van der Waals surface area contributed by atoms with Crippen LogP contribution in [-0.4, -0.2) is 18.9 Å². The molecule has 0 unspecified atom stereocenters. The summed E-state index contributed by atoms with van der Waals surface area (Å²) in [6.07, 6.45) is -0.182. The summed E-state index contributed by atoms with van der Waals surface area (Å²) in [7, 11) is 1.67. The van der Waals surface area contributed by atoms with Crippen molar-refractivity contribution >= 4 is 23.2 Å². The molecule has 0 aliphatic heterocycles. The summed E-state index contributed by atoms with van der Waals surface area (Å²) < 4.78 is 0. The summed E-state index contributed by atoms with van der Waals surface area (Å²) in [5.41, 5.74) is 3.56. The maximum absolute atomic E-state index is 12.2. The van der Waals surface area contributed by atoms with Crippen LogP contribution in [0, 0.1) is 13.8 Å². The average Bonchev–Trinajstić information content (AvgIpc) is 2.51. The number of aryl methyl sites for hydroxylation is 2. The number of hydrogen-bond donors (Lipinski definition) is 1. The topological polar surface area (TPSA) is 49.4 Å². The molecule has 0 aliphatic carbocycles. The maximum atomic E-state index is 12.2. The second kappa shape index (κ2) is 6.89. The molecular weight excluding hydrogens is 276 g/mol. The van der Waals surface area contributed by atoms with E-state index < -0.39 is 0 Å². The van der Waals surface area contributed by atoms with Crippen molar-refractivity contribution < 1.29 is 9.59 Å². The molecule has 0 spiro atoms. The molecule has 22 heavy (non-hydrogen) atoms. The fourth-order valence-corrected chi connectivity index (χ4v) is 2.12. The van der Waals surface area contributed by atoms with E-state index in [1.807, 2.05) is 62.4 Å². The van der Waals surface area contributed by atoms with Gasteiger partial charge >= 0.3 is 0 Å². The molecule has 0 aliphatic rings. The maximum Gasteiger partial charge on any atom is 0.236 e. The minimum absolute atomic E-state index is 0.182. The highest BCUT2D eigenvalue weighted by Gasteiger charge is 2.15. The van der Waals surface area contributed by atoms with Crippen molar-refractivity contribution in [1.82, 2.24) is 0 Å². The predicted octanol–water partition coefficient (Wildman–Crippen LogP) is 3.30. The Hall–Kier alpha value is -2.62. The highest BCUT2D eigenvalue weighted by Crippen LogP contribution is 2.17. The van der Waals surface area contributed by atoms with Crippen molar-refractivity contribution in [2.75, 3.05) is 17.3 Å². The molecule has 0 heterocycles. The Morgan fingerprint density at radius 2 is 1.73 bits per heavy atom. The molecule has 2 aromatic rings. The van der Waals surface area contributed by atoms with Crippen molar-refractivity contribution in [1.29, 1.82) is 0 Å². The van der Waals surface area contributed by atoms with E-state index in [1.54, 1.807) is 7.05 Å². The average molecular weight is 296 g/mol. The number of amides is 2. The number of carbonyl (C=O) groups is 2. The first-order chi connectivity index (χ1) is 10.5. The standard InChI is InChI=1S/C18H20N2O2/c1-13-9-10-14(2)16(11-13)19-17(21)12-18(22)20(3)15-7-5-4-6-8-15/h4-11H,12H2,1-3H3,(H,19,21). The van der Waals surface area contributed by atoms with E-state index in [0.29, 0.717) is 0 Å². The Labute approximate surface area is 130 Å². The van der Waals surface area contributed by atoms with Gasteiger partial charge in [0.2, 0.25) is 11.8 Å². The fourth-order valence-electron chi connectivity index (χ4n) is 2.12. The Balaban J connectivity index is 2.00. The third-order valence-corrected chi connectivity index (χ3v) is 3.50. The van der Waals surface area contributed by atoms with E-state index in [1.165, 1.54) is 4.90 Å². The number of carbonyl (C=O) groups excluding carboxylic acids is 2. The largest absolute Gasteiger partial charge is 0.325 e. The fraction of sp³-hybridized carbons (Fsp3) is 0.222. The lowest BCUT2D eigenvalue weighted by molar-refractivity contribution is -0.125. The molecule has 114 valence electrons. The molecule has 4 heteroatoms. The zero-order valence-corrected chi connectivity index (χ0v) is 13.1. The van der Waals surface area contributed by atoms with Gasteiger partial charge in [-0.05, 0) is 43.2 Å². The van der Waals surface area contributed by atoms with Gasteiger partial charge in [-0.3, -0.25) is 9.59 Å². The molecule has 0 saturated carbocycles. The third kappa shape index (κ3) is 3.95. The van der Waals surface area contributed by atoms with Gasteiger partial charge in [0.15, 0.2) is 0 Å². The van der Waals surface area contributed by atoms with Crippen molar-refractivity contribution in [2.45, 2.75) is 20.3 Å². The van der Waals surface area contributed by atoms with Crippen LogP contribution in [0.25, 0.3) is 0 Å². The first-order valence-corrected chi connectivity index (χ1v) is 7.16. The van der Waals surface area contributed by atoms with Gasteiger partial charge < -0.3 is 10.2 Å². The van der Waals surface area contributed by atoms with Gasteiger partial charge in [-0.25, -0.2) is 0 Å². The Bertz CT molecular complexity index is 681. The van der Waals surface area contributed by atoms with Crippen LogP contribution in [0.1, 0.15) is 17.5 Å². The van der Waals surface area contributed by atoms with E-state index in [4.69, 9.17) is 0 Å².